The molecule has 1 N–H and O–H groups in total. The Hall–Kier alpha value is -0.980. The number of hydrogen-bond acceptors (Lipinski definition) is 3. The van der Waals surface area contributed by atoms with Crippen molar-refractivity contribution in [3.8, 4) is 6.07 Å². The summed E-state index contributed by atoms with van der Waals surface area (Å²) >= 11 is 1.81. The fraction of sp³-hybridized carbons (Fsp3) is 0.462. The van der Waals surface area contributed by atoms with Gasteiger partial charge in [0.2, 0.25) is 0 Å². The van der Waals surface area contributed by atoms with Crippen molar-refractivity contribution < 1.29 is 0 Å². The molecule has 0 fully saturated rings. The Labute approximate surface area is 102 Å². The highest BCUT2D eigenvalue weighted by atomic mass is 32.2. The van der Waals surface area contributed by atoms with Crippen LogP contribution in [0.25, 0.3) is 0 Å². The minimum Gasteiger partial charge on any atom is -0.302 e. The monoisotopic (exact) mass is 234 g/mol. The van der Waals surface area contributed by atoms with Crippen LogP contribution in [0.1, 0.15) is 19.8 Å². The number of thioether (sulfide) groups is 1. The zero-order valence-corrected chi connectivity index (χ0v) is 10.5. The van der Waals surface area contributed by atoms with E-state index in [1.165, 1.54) is 4.90 Å². The summed E-state index contributed by atoms with van der Waals surface area (Å²) in [6, 6.07) is 12.6. The van der Waals surface area contributed by atoms with Crippen LogP contribution in [-0.4, -0.2) is 18.3 Å². The number of nitriles is 1. The normalized spacial score (nSPS) is 12.0. The van der Waals surface area contributed by atoms with E-state index in [2.05, 4.69) is 30.4 Å². The number of nitrogens with zero attached hydrogens (tertiary/aromatic N) is 1. The van der Waals surface area contributed by atoms with Crippen LogP contribution in [0.15, 0.2) is 35.2 Å². The summed E-state index contributed by atoms with van der Waals surface area (Å²) in [5, 5.41) is 12.2. The Balaban J connectivity index is 2.21. The molecule has 0 radical (unpaired) electrons. The molecule has 1 unspecified atom stereocenters. The summed E-state index contributed by atoms with van der Waals surface area (Å²) in [4.78, 5) is 1.27. The molecule has 0 saturated heterocycles. The molecule has 1 aromatic carbocycles. The quantitative estimate of drug-likeness (QED) is 0.737. The van der Waals surface area contributed by atoms with E-state index >= 15 is 0 Å². The molecular weight excluding hydrogens is 216 g/mol. The molecule has 0 aromatic heterocycles. The molecule has 0 bridgehead atoms. The highest BCUT2D eigenvalue weighted by Gasteiger charge is 2.05. The zero-order chi connectivity index (χ0) is 11.6. The van der Waals surface area contributed by atoms with Crippen LogP contribution < -0.4 is 5.32 Å². The molecule has 1 aromatic rings. The topological polar surface area (TPSA) is 35.8 Å². The van der Waals surface area contributed by atoms with E-state index in [-0.39, 0.29) is 6.04 Å². The molecule has 0 aliphatic carbocycles. The summed E-state index contributed by atoms with van der Waals surface area (Å²) in [5.74, 6) is 0.985. The van der Waals surface area contributed by atoms with Crippen molar-refractivity contribution in [2.45, 2.75) is 30.7 Å². The second-order valence-electron chi connectivity index (χ2n) is 3.59. The van der Waals surface area contributed by atoms with Gasteiger partial charge >= 0.3 is 0 Å². The van der Waals surface area contributed by atoms with Crippen LogP contribution in [0.3, 0.4) is 0 Å². The van der Waals surface area contributed by atoms with E-state index in [9.17, 15) is 0 Å². The molecule has 3 heteroatoms. The molecular formula is C13H18N2S. The first-order valence-corrected chi connectivity index (χ1v) is 6.66. The van der Waals surface area contributed by atoms with Gasteiger partial charge in [-0.15, -0.1) is 11.8 Å². The minimum atomic E-state index is -0.00355. The molecule has 16 heavy (non-hydrogen) atoms. The summed E-state index contributed by atoms with van der Waals surface area (Å²) < 4.78 is 0. The smallest absolute Gasteiger partial charge is 0.0961 e. The van der Waals surface area contributed by atoms with Gasteiger partial charge in [0.05, 0.1) is 12.1 Å². The lowest BCUT2D eigenvalue weighted by atomic mass is 10.2. The van der Waals surface area contributed by atoms with Crippen LogP contribution in [0.2, 0.25) is 0 Å². The van der Waals surface area contributed by atoms with E-state index in [0.29, 0.717) is 0 Å². The van der Waals surface area contributed by atoms with Crippen molar-refractivity contribution in [1.82, 2.24) is 5.32 Å². The predicted octanol–water partition coefficient (Wildman–Crippen LogP) is 3.06. The third kappa shape index (κ3) is 5.20. The maximum Gasteiger partial charge on any atom is 0.0961 e. The lowest BCUT2D eigenvalue weighted by Gasteiger charge is -2.09. The Morgan fingerprint density at radius 2 is 2.12 bits per heavy atom. The second kappa shape index (κ2) is 8.20. The third-order valence-electron chi connectivity index (χ3n) is 2.22. The summed E-state index contributed by atoms with van der Waals surface area (Å²) in [7, 11) is 0. The third-order valence-corrected chi connectivity index (χ3v) is 3.26. The van der Waals surface area contributed by atoms with Crippen molar-refractivity contribution in [2.24, 2.45) is 0 Å². The highest BCUT2D eigenvalue weighted by Crippen LogP contribution is 2.18. The van der Waals surface area contributed by atoms with Crippen LogP contribution in [0, 0.1) is 11.3 Å². The van der Waals surface area contributed by atoms with Crippen molar-refractivity contribution in [1.29, 1.82) is 5.26 Å². The number of benzene rings is 1. The van der Waals surface area contributed by atoms with Crippen molar-refractivity contribution >= 4 is 11.8 Å². The minimum absolute atomic E-state index is 0.00355. The van der Waals surface area contributed by atoms with Crippen molar-refractivity contribution in [3.05, 3.63) is 30.3 Å². The SMILES string of the molecule is CCCNC(C#N)CCSc1ccccc1. The predicted molar refractivity (Wildman–Crippen MR) is 69.5 cm³/mol. The van der Waals surface area contributed by atoms with Gasteiger partial charge in [0, 0.05) is 10.6 Å². The average molecular weight is 234 g/mol. The molecule has 0 aliphatic heterocycles. The summed E-state index contributed by atoms with van der Waals surface area (Å²) in [6.07, 6.45) is 1.97. The Bertz CT molecular complexity index is 318. The molecule has 0 aliphatic rings. The van der Waals surface area contributed by atoms with Gasteiger partial charge in [-0.1, -0.05) is 25.1 Å². The van der Waals surface area contributed by atoms with Gasteiger partial charge in [0.15, 0.2) is 0 Å². The van der Waals surface area contributed by atoms with Gasteiger partial charge in [-0.3, -0.25) is 0 Å². The molecule has 2 nitrogen and oxygen atoms in total. The zero-order valence-electron chi connectivity index (χ0n) is 9.65. The van der Waals surface area contributed by atoms with Crippen LogP contribution >= 0.6 is 11.8 Å². The lowest BCUT2D eigenvalue weighted by Crippen LogP contribution is -2.28. The number of rotatable bonds is 7. The molecule has 0 saturated carbocycles. The van der Waals surface area contributed by atoms with Crippen LogP contribution in [0.5, 0.6) is 0 Å². The van der Waals surface area contributed by atoms with E-state index < -0.39 is 0 Å². The fourth-order valence-corrected chi connectivity index (χ4v) is 2.28. The van der Waals surface area contributed by atoms with Gasteiger partial charge in [-0.25, -0.2) is 0 Å². The first kappa shape index (κ1) is 13.1. The lowest BCUT2D eigenvalue weighted by molar-refractivity contribution is 0.585. The fourth-order valence-electron chi connectivity index (χ4n) is 1.34. The van der Waals surface area contributed by atoms with Gasteiger partial charge in [-0.05, 0) is 31.5 Å². The first-order chi connectivity index (χ1) is 7.86. The highest BCUT2D eigenvalue weighted by molar-refractivity contribution is 7.99. The van der Waals surface area contributed by atoms with Crippen molar-refractivity contribution in [2.75, 3.05) is 12.3 Å². The summed E-state index contributed by atoms with van der Waals surface area (Å²) in [5.41, 5.74) is 0. The molecule has 1 rings (SSSR count). The van der Waals surface area contributed by atoms with E-state index in [1.807, 2.05) is 18.2 Å². The average Bonchev–Trinajstić information content (AvgIpc) is 2.35. The molecule has 0 amide bonds. The summed E-state index contributed by atoms with van der Waals surface area (Å²) in [6.45, 7) is 3.04. The Morgan fingerprint density at radius 3 is 2.75 bits per heavy atom. The largest absolute Gasteiger partial charge is 0.302 e. The van der Waals surface area contributed by atoms with E-state index in [0.717, 1.165) is 25.1 Å². The van der Waals surface area contributed by atoms with Gasteiger partial charge < -0.3 is 5.32 Å². The molecule has 0 spiro atoms. The molecule has 86 valence electrons. The maximum absolute atomic E-state index is 8.93. The Kier molecular flexibility index (Phi) is 6.71. The van der Waals surface area contributed by atoms with Gasteiger partial charge in [0.25, 0.3) is 0 Å². The maximum atomic E-state index is 8.93. The van der Waals surface area contributed by atoms with Crippen LogP contribution in [0.4, 0.5) is 0 Å². The van der Waals surface area contributed by atoms with Crippen LogP contribution in [-0.2, 0) is 0 Å². The Morgan fingerprint density at radius 1 is 1.38 bits per heavy atom. The first-order valence-electron chi connectivity index (χ1n) is 5.67. The molecule has 0 heterocycles. The van der Waals surface area contributed by atoms with Gasteiger partial charge in [-0.2, -0.15) is 5.26 Å². The van der Waals surface area contributed by atoms with E-state index in [1.54, 1.807) is 11.8 Å². The van der Waals surface area contributed by atoms with Gasteiger partial charge in [0.1, 0.15) is 0 Å². The standard InChI is InChI=1S/C13H18N2S/c1-2-9-15-12(11-14)8-10-16-13-6-4-3-5-7-13/h3-7,12,15H,2,8-10H2,1H3. The number of nitrogens with one attached hydrogen (secondary N) is 1. The molecule has 1 atom stereocenters. The van der Waals surface area contributed by atoms with Crippen molar-refractivity contribution in [3.63, 3.8) is 0 Å². The number of hydrogen-bond donors (Lipinski definition) is 1. The second-order valence-corrected chi connectivity index (χ2v) is 4.75. The van der Waals surface area contributed by atoms with E-state index in [4.69, 9.17) is 5.26 Å².